The molecule has 3 nitrogen and oxygen atoms in total. The molecule has 0 atom stereocenters. The van der Waals surface area contributed by atoms with E-state index in [1.165, 1.54) is 32.1 Å². The molecule has 20 heavy (non-hydrogen) atoms. The second kappa shape index (κ2) is 7.46. The predicted octanol–water partition coefficient (Wildman–Crippen LogP) is 4.10. The Bertz CT molecular complexity index is 382. The Morgan fingerprint density at radius 3 is 2.20 bits per heavy atom. The van der Waals surface area contributed by atoms with E-state index in [-0.39, 0.29) is 11.2 Å². The summed E-state index contributed by atoms with van der Waals surface area (Å²) in [4.78, 5) is 0. The molecule has 0 aromatic carbocycles. The second-order valence-corrected chi connectivity index (χ2v) is 9.51. The van der Waals surface area contributed by atoms with Gasteiger partial charge in [0.25, 0.3) is 0 Å². The normalized spacial score (nSPS) is 24.1. The highest BCUT2D eigenvalue weighted by Crippen LogP contribution is 2.38. The monoisotopic (exact) mass is 322 g/mol. The van der Waals surface area contributed by atoms with Crippen LogP contribution in [0, 0.1) is 11.3 Å². The van der Waals surface area contributed by atoms with Crippen molar-refractivity contribution in [2.45, 2.75) is 64.2 Å². The summed E-state index contributed by atoms with van der Waals surface area (Å²) >= 11 is 0. The third kappa shape index (κ3) is 5.53. The molecular formula is C15H27ClO3S. The zero-order valence-corrected chi connectivity index (χ0v) is 13.9. The molecule has 0 spiro atoms. The van der Waals surface area contributed by atoms with Crippen LogP contribution >= 0.6 is 10.7 Å². The Labute approximate surface area is 127 Å². The predicted molar refractivity (Wildman–Crippen MR) is 82.6 cm³/mol. The Balaban J connectivity index is 1.83. The molecule has 2 aliphatic rings. The van der Waals surface area contributed by atoms with Gasteiger partial charge < -0.3 is 4.74 Å². The highest BCUT2D eigenvalue weighted by molar-refractivity contribution is 8.13. The first-order valence-corrected chi connectivity index (χ1v) is 10.5. The van der Waals surface area contributed by atoms with E-state index in [1.54, 1.807) is 0 Å². The molecule has 2 saturated carbocycles. The minimum absolute atomic E-state index is 0.0744. The Morgan fingerprint density at radius 1 is 1.05 bits per heavy atom. The van der Waals surface area contributed by atoms with Gasteiger partial charge in [-0.1, -0.05) is 44.9 Å². The largest absolute Gasteiger partial charge is 0.381 e. The Kier molecular flexibility index (Phi) is 6.18. The van der Waals surface area contributed by atoms with E-state index >= 15 is 0 Å². The van der Waals surface area contributed by atoms with Crippen molar-refractivity contribution in [3.05, 3.63) is 0 Å². The van der Waals surface area contributed by atoms with Gasteiger partial charge >= 0.3 is 0 Å². The van der Waals surface area contributed by atoms with E-state index in [4.69, 9.17) is 15.4 Å². The summed E-state index contributed by atoms with van der Waals surface area (Å²) in [7, 11) is 2.07. The van der Waals surface area contributed by atoms with Crippen molar-refractivity contribution in [1.82, 2.24) is 0 Å². The zero-order chi connectivity index (χ0) is 14.5. The van der Waals surface area contributed by atoms with Crippen LogP contribution in [-0.4, -0.2) is 27.4 Å². The fourth-order valence-electron chi connectivity index (χ4n) is 3.49. The minimum Gasteiger partial charge on any atom is -0.381 e. The van der Waals surface area contributed by atoms with Gasteiger partial charge in [0.2, 0.25) is 9.05 Å². The third-order valence-corrected chi connectivity index (χ3v) is 6.23. The number of rotatable bonds is 7. The van der Waals surface area contributed by atoms with Gasteiger partial charge in [0.1, 0.15) is 0 Å². The molecule has 2 rings (SSSR count). The lowest BCUT2D eigenvalue weighted by Gasteiger charge is -2.32. The van der Waals surface area contributed by atoms with E-state index in [0.29, 0.717) is 6.61 Å². The summed E-state index contributed by atoms with van der Waals surface area (Å²) in [6.07, 6.45) is 11.6. The van der Waals surface area contributed by atoms with Crippen LogP contribution in [0.25, 0.3) is 0 Å². The summed E-state index contributed by atoms with van der Waals surface area (Å²) in [6.45, 7) is 1.33. The van der Waals surface area contributed by atoms with Gasteiger partial charge in [-0.25, -0.2) is 8.42 Å². The number of halogens is 1. The summed E-state index contributed by atoms with van der Waals surface area (Å²) < 4.78 is 28.9. The van der Waals surface area contributed by atoms with Gasteiger partial charge in [-0.15, -0.1) is 0 Å². The van der Waals surface area contributed by atoms with E-state index in [2.05, 4.69) is 0 Å². The first kappa shape index (κ1) is 16.6. The lowest BCUT2D eigenvalue weighted by Crippen LogP contribution is -2.33. The van der Waals surface area contributed by atoms with Crippen LogP contribution in [-0.2, 0) is 13.8 Å². The van der Waals surface area contributed by atoms with E-state index in [9.17, 15) is 8.42 Å². The van der Waals surface area contributed by atoms with Crippen molar-refractivity contribution in [3.63, 3.8) is 0 Å². The van der Waals surface area contributed by atoms with Gasteiger partial charge in [-0.2, -0.15) is 0 Å². The Hall–Kier alpha value is 0.200. The fourth-order valence-corrected chi connectivity index (χ4v) is 5.29. The average molecular weight is 323 g/mol. The van der Waals surface area contributed by atoms with Crippen molar-refractivity contribution in [1.29, 1.82) is 0 Å². The maximum atomic E-state index is 11.5. The van der Waals surface area contributed by atoms with E-state index in [0.717, 1.165) is 44.6 Å². The number of ether oxygens (including phenoxy) is 1. The molecule has 0 amide bonds. The molecule has 0 N–H and O–H groups in total. The van der Waals surface area contributed by atoms with Crippen molar-refractivity contribution >= 4 is 19.7 Å². The molecule has 118 valence electrons. The summed E-state index contributed by atoms with van der Waals surface area (Å²) in [5.74, 6) is 0.919. The molecule has 2 fully saturated rings. The molecule has 0 bridgehead atoms. The first-order valence-electron chi connectivity index (χ1n) is 7.99. The van der Waals surface area contributed by atoms with E-state index < -0.39 is 9.05 Å². The third-order valence-electron chi connectivity index (χ3n) is 4.95. The van der Waals surface area contributed by atoms with Gasteiger partial charge in [0.15, 0.2) is 0 Å². The van der Waals surface area contributed by atoms with Crippen LogP contribution in [0.3, 0.4) is 0 Å². The molecule has 0 aromatic heterocycles. The Morgan fingerprint density at radius 2 is 1.70 bits per heavy atom. The summed E-state index contributed by atoms with van der Waals surface area (Å²) in [6, 6.07) is 0. The summed E-state index contributed by atoms with van der Waals surface area (Å²) in [5.41, 5.74) is -0.239. The molecule has 0 saturated heterocycles. The minimum atomic E-state index is -3.45. The smallest absolute Gasteiger partial charge is 0.233 e. The highest BCUT2D eigenvalue weighted by atomic mass is 35.7. The van der Waals surface area contributed by atoms with Crippen LogP contribution < -0.4 is 0 Å². The van der Waals surface area contributed by atoms with Gasteiger partial charge in [0.05, 0.1) is 12.4 Å². The number of hydrogen-bond acceptors (Lipinski definition) is 3. The van der Waals surface area contributed by atoms with Crippen LogP contribution in [0.5, 0.6) is 0 Å². The van der Waals surface area contributed by atoms with E-state index in [1.807, 2.05) is 0 Å². The maximum Gasteiger partial charge on any atom is 0.233 e. The number of hydrogen-bond donors (Lipinski definition) is 0. The van der Waals surface area contributed by atoms with Crippen LogP contribution in [0.4, 0.5) is 0 Å². The molecule has 2 aliphatic carbocycles. The SMILES string of the molecule is O=S(=O)(Cl)CC1(COCCC2CCC2)CCCCCC1. The maximum absolute atomic E-state index is 11.5. The lowest BCUT2D eigenvalue weighted by molar-refractivity contribution is 0.0342. The van der Waals surface area contributed by atoms with Gasteiger partial charge in [-0.05, 0) is 25.2 Å². The van der Waals surface area contributed by atoms with Crippen molar-refractivity contribution in [3.8, 4) is 0 Å². The molecule has 0 aliphatic heterocycles. The van der Waals surface area contributed by atoms with Crippen molar-refractivity contribution in [2.75, 3.05) is 19.0 Å². The molecule has 0 unspecified atom stereocenters. The molecular weight excluding hydrogens is 296 g/mol. The van der Waals surface area contributed by atoms with Crippen molar-refractivity contribution in [2.24, 2.45) is 11.3 Å². The quantitative estimate of drug-likeness (QED) is 0.402. The van der Waals surface area contributed by atoms with Crippen molar-refractivity contribution < 1.29 is 13.2 Å². The lowest BCUT2D eigenvalue weighted by atomic mass is 9.82. The molecule has 0 heterocycles. The van der Waals surface area contributed by atoms with Crippen LogP contribution in [0.2, 0.25) is 0 Å². The topological polar surface area (TPSA) is 43.4 Å². The summed E-state index contributed by atoms with van der Waals surface area (Å²) in [5, 5.41) is 0. The van der Waals surface area contributed by atoms with Crippen LogP contribution in [0.15, 0.2) is 0 Å². The zero-order valence-electron chi connectivity index (χ0n) is 12.3. The van der Waals surface area contributed by atoms with Gasteiger partial charge in [0, 0.05) is 22.7 Å². The first-order chi connectivity index (χ1) is 9.49. The second-order valence-electron chi connectivity index (χ2n) is 6.74. The highest BCUT2D eigenvalue weighted by Gasteiger charge is 2.35. The van der Waals surface area contributed by atoms with Crippen LogP contribution in [0.1, 0.15) is 64.2 Å². The van der Waals surface area contributed by atoms with Gasteiger partial charge in [-0.3, -0.25) is 0 Å². The molecule has 5 heteroatoms. The fraction of sp³-hybridized carbons (Fsp3) is 1.00. The average Bonchev–Trinajstić information content (AvgIpc) is 2.50. The molecule has 0 radical (unpaired) electrons. The standard InChI is InChI=1S/C15H27ClO3S/c16-20(17,18)13-15(9-3-1-2-4-10-15)12-19-11-8-14-6-5-7-14/h14H,1-13H2. The molecule has 0 aromatic rings.